The van der Waals surface area contributed by atoms with Crippen LogP contribution in [-0.2, 0) is 14.8 Å². The average Bonchev–Trinajstić information content (AvgIpc) is 2.40. The third kappa shape index (κ3) is 3.84. The van der Waals surface area contributed by atoms with Gasteiger partial charge < -0.3 is 10.6 Å². The topological polar surface area (TPSA) is 92.5 Å². The molecule has 0 unspecified atom stereocenters. The van der Waals surface area contributed by atoms with Gasteiger partial charge in [-0.25, -0.2) is 13.1 Å². The standard InChI is InChI=1S/C12H18ClN3O3S/c1-4-16(3)12(17)7-15-20(18,19)9-5-10(13)8(2)11(14)6-9/h5-6,15H,4,7,14H2,1-3H3. The highest BCUT2D eigenvalue weighted by Crippen LogP contribution is 2.25. The Morgan fingerprint density at radius 2 is 2.05 bits per heavy atom. The average molecular weight is 320 g/mol. The number of hydrogen-bond acceptors (Lipinski definition) is 4. The smallest absolute Gasteiger partial charge is 0.241 e. The van der Waals surface area contributed by atoms with E-state index in [1.54, 1.807) is 20.9 Å². The molecule has 0 atom stereocenters. The minimum atomic E-state index is -3.82. The first-order valence-corrected chi connectivity index (χ1v) is 7.84. The van der Waals surface area contributed by atoms with Crippen LogP contribution in [0.25, 0.3) is 0 Å². The van der Waals surface area contributed by atoms with E-state index >= 15 is 0 Å². The zero-order chi connectivity index (χ0) is 15.5. The number of sulfonamides is 1. The maximum absolute atomic E-state index is 12.1. The van der Waals surface area contributed by atoms with Crippen LogP contribution in [0.15, 0.2) is 17.0 Å². The summed E-state index contributed by atoms with van der Waals surface area (Å²) in [7, 11) is -2.23. The third-order valence-electron chi connectivity index (χ3n) is 2.98. The van der Waals surface area contributed by atoms with Gasteiger partial charge in [-0.3, -0.25) is 4.79 Å². The number of carbonyl (C=O) groups is 1. The van der Waals surface area contributed by atoms with Gasteiger partial charge in [-0.2, -0.15) is 0 Å². The van der Waals surface area contributed by atoms with E-state index in [4.69, 9.17) is 17.3 Å². The van der Waals surface area contributed by atoms with E-state index in [9.17, 15) is 13.2 Å². The molecule has 1 aromatic carbocycles. The van der Waals surface area contributed by atoms with Gasteiger partial charge in [0.05, 0.1) is 11.4 Å². The lowest BCUT2D eigenvalue weighted by Gasteiger charge is -2.15. The molecule has 20 heavy (non-hydrogen) atoms. The molecule has 0 aliphatic heterocycles. The number of amides is 1. The van der Waals surface area contributed by atoms with Gasteiger partial charge in [0.2, 0.25) is 15.9 Å². The van der Waals surface area contributed by atoms with E-state index < -0.39 is 10.0 Å². The van der Waals surface area contributed by atoms with Crippen molar-refractivity contribution in [3.63, 3.8) is 0 Å². The minimum absolute atomic E-state index is 0.0578. The van der Waals surface area contributed by atoms with Gasteiger partial charge >= 0.3 is 0 Å². The number of nitrogen functional groups attached to an aromatic ring is 1. The van der Waals surface area contributed by atoms with E-state index in [0.717, 1.165) is 0 Å². The Kier molecular flexibility index (Phi) is 5.38. The zero-order valence-electron chi connectivity index (χ0n) is 11.6. The van der Waals surface area contributed by atoms with Crippen molar-refractivity contribution in [2.24, 2.45) is 0 Å². The highest BCUT2D eigenvalue weighted by molar-refractivity contribution is 7.89. The van der Waals surface area contributed by atoms with E-state index in [1.807, 2.05) is 0 Å². The lowest BCUT2D eigenvalue weighted by molar-refractivity contribution is -0.128. The first kappa shape index (κ1) is 16.7. The van der Waals surface area contributed by atoms with Gasteiger partial charge in [0.1, 0.15) is 0 Å². The van der Waals surface area contributed by atoms with E-state index in [-0.39, 0.29) is 28.1 Å². The van der Waals surface area contributed by atoms with Crippen molar-refractivity contribution in [2.45, 2.75) is 18.7 Å². The number of nitrogens with one attached hydrogen (secondary N) is 1. The van der Waals surface area contributed by atoms with Crippen LogP contribution in [0.5, 0.6) is 0 Å². The highest BCUT2D eigenvalue weighted by atomic mass is 35.5. The predicted molar refractivity (Wildman–Crippen MR) is 79.1 cm³/mol. The maximum Gasteiger partial charge on any atom is 0.241 e. The first-order valence-electron chi connectivity index (χ1n) is 5.98. The number of nitrogens with zero attached hydrogens (tertiary/aromatic N) is 1. The summed E-state index contributed by atoms with van der Waals surface area (Å²) in [5.41, 5.74) is 6.60. The summed E-state index contributed by atoms with van der Waals surface area (Å²) >= 11 is 5.91. The van der Waals surface area contributed by atoms with Gasteiger partial charge in [0.15, 0.2) is 0 Å². The Bertz CT molecular complexity index is 593. The lowest BCUT2D eigenvalue weighted by atomic mass is 10.2. The molecule has 0 bridgehead atoms. The molecule has 8 heteroatoms. The predicted octanol–water partition coefficient (Wildman–Crippen LogP) is 0.987. The fraction of sp³-hybridized carbons (Fsp3) is 0.417. The second kappa shape index (κ2) is 6.43. The fourth-order valence-electron chi connectivity index (χ4n) is 1.38. The normalized spacial score (nSPS) is 11.4. The quantitative estimate of drug-likeness (QED) is 0.791. The lowest BCUT2D eigenvalue weighted by Crippen LogP contribution is -2.38. The maximum atomic E-state index is 12.1. The molecule has 0 aliphatic rings. The summed E-state index contributed by atoms with van der Waals surface area (Å²) in [6, 6.07) is 2.63. The SMILES string of the molecule is CCN(C)C(=O)CNS(=O)(=O)c1cc(N)c(C)c(Cl)c1. The molecule has 0 aliphatic carbocycles. The van der Waals surface area contributed by atoms with Crippen LogP contribution in [0.4, 0.5) is 5.69 Å². The Hall–Kier alpha value is -1.31. The van der Waals surface area contributed by atoms with Gasteiger partial charge in [-0.15, -0.1) is 0 Å². The molecule has 1 rings (SSSR count). The second-order valence-corrected chi connectivity index (χ2v) is 6.53. The van der Waals surface area contributed by atoms with Crippen molar-refractivity contribution in [1.29, 1.82) is 0 Å². The zero-order valence-corrected chi connectivity index (χ0v) is 13.2. The van der Waals surface area contributed by atoms with Gasteiger partial charge in [0, 0.05) is 24.3 Å². The number of carbonyl (C=O) groups excluding carboxylic acids is 1. The van der Waals surface area contributed by atoms with E-state index in [2.05, 4.69) is 4.72 Å². The van der Waals surface area contributed by atoms with Gasteiger partial charge in [-0.05, 0) is 31.5 Å². The van der Waals surface area contributed by atoms with Crippen LogP contribution in [0.1, 0.15) is 12.5 Å². The molecule has 1 amide bonds. The number of halogens is 1. The first-order chi connectivity index (χ1) is 9.19. The minimum Gasteiger partial charge on any atom is -0.398 e. The van der Waals surface area contributed by atoms with Crippen LogP contribution < -0.4 is 10.5 Å². The van der Waals surface area contributed by atoms with Crippen LogP contribution in [0.2, 0.25) is 5.02 Å². The Morgan fingerprint density at radius 1 is 1.45 bits per heavy atom. The fourth-order valence-corrected chi connectivity index (χ4v) is 2.71. The molecule has 3 N–H and O–H groups in total. The van der Waals surface area contributed by atoms with E-state index in [0.29, 0.717) is 12.1 Å². The molecular formula is C12H18ClN3O3S. The molecule has 0 radical (unpaired) electrons. The van der Waals surface area contributed by atoms with Crippen molar-refractivity contribution in [2.75, 3.05) is 25.9 Å². The molecular weight excluding hydrogens is 302 g/mol. The number of rotatable bonds is 5. The third-order valence-corrected chi connectivity index (χ3v) is 4.76. The van der Waals surface area contributed by atoms with Crippen LogP contribution in [-0.4, -0.2) is 39.4 Å². The largest absolute Gasteiger partial charge is 0.398 e. The van der Waals surface area contributed by atoms with Gasteiger partial charge in [0.25, 0.3) is 0 Å². The van der Waals surface area contributed by atoms with Crippen molar-refractivity contribution in [1.82, 2.24) is 9.62 Å². The molecule has 1 aromatic rings. The van der Waals surface area contributed by atoms with Crippen LogP contribution in [0.3, 0.4) is 0 Å². The number of nitrogens with two attached hydrogens (primary N) is 1. The van der Waals surface area contributed by atoms with Crippen molar-refractivity contribution in [3.05, 3.63) is 22.7 Å². The van der Waals surface area contributed by atoms with E-state index in [1.165, 1.54) is 17.0 Å². The molecule has 0 fully saturated rings. The van der Waals surface area contributed by atoms with Crippen molar-refractivity contribution >= 4 is 33.2 Å². The summed E-state index contributed by atoms with van der Waals surface area (Å²) in [6.45, 7) is 3.69. The van der Waals surface area contributed by atoms with Crippen LogP contribution in [0, 0.1) is 6.92 Å². The summed E-state index contributed by atoms with van der Waals surface area (Å²) in [4.78, 5) is 12.9. The molecule has 0 spiro atoms. The summed E-state index contributed by atoms with van der Waals surface area (Å²) in [5, 5.41) is 0.266. The monoisotopic (exact) mass is 319 g/mol. The number of anilines is 1. The van der Waals surface area contributed by atoms with Gasteiger partial charge in [-0.1, -0.05) is 11.6 Å². The molecule has 6 nitrogen and oxygen atoms in total. The Balaban J connectivity index is 2.93. The number of benzene rings is 1. The molecule has 0 saturated carbocycles. The summed E-state index contributed by atoms with van der Waals surface area (Å²) in [5.74, 6) is -0.317. The Labute approximate surface area is 123 Å². The summed E-state index contributed by atoms with van der Waals surface area (Å²) in [6.07, 6.45) is 0. The molecule has 0 saturated heterocycles. The Morgan fingerprint density at radius 3 is 2.55 bits per heavy atom. The molecule has 0 aromatic heterocycles. The highest BCUT2D eigenvalue weighted by Gasteiger charge is 2.18. The molecule has 112 valence electrons. The van der Waals surface area contributed by atoms with Crippen molar-refractivity contribution in [3.8, 4) is 0 Å². The number of likely N-dealkylation sites (N-methyl/N-ethyl adjacent to an activating group) is 1. The van der Waals surface area contributed by atoms with Crippen LogP contribution >= 0.6 is 11.6 Å². The second-order valence-electron chi connectivity index (χ2n) is 4.35. The molecule has 0 heterocycles. The summed E-state index contributed by atoms with van der Waals surface area (Å²) < 4.78 is 26.4. The van der Waals surface area contributed by atoms with Crippen molar-refractivity contribution < 1.29 is 13.2 Å². The number of hydrogen-bond donors (Lipinski definition) is 2.